The molecule has 1 aromatic rings. The molecular formula is C18H23F2N3O2. The van der Waals surface area contributed by atoms with Gasteiger partial charge in [-0.05, 0) is 50.9 Å². The number of carbonyl (C=O) groups excluding carboxylic acids is 2. The summed E-state index contributed by atoms with van der Waals surface area (Å²) in [5.74, 6) is -1.89. The molecule has 136 valence electrons. The number of benzene rings is 1. The third kappa shape index (κ3) is 4.54. The molecule has 5 nitrogen and oxygen atoms in total. The van der Waals surface area contributed by atoms with E-state index in [-0.39, 0.29) is 30.0 Å². The zero-order chi connectivity index (χ0) is 17.8. The van der Waals surface area contributed by atoms with E-state index in [2.05, 4.69) is 5.32 Å². The van der Waals surface area contributed by atoms with E-state index in [1.165, 1.54) is 6.07 Å². The number of carbonyl (C=O) groups is 2. The van der Waals surface area contributed by atoms with Crippen LogP contribution in [0.4, 0.5) is 14.5 Å². The van der Waals surface area contributed by atoms with Crippen molar-refractivity contribution in [3.8, 4) is 0 Å². The normalized spacial score (nSPS) is 19.2. The van der Waals surface area contributed by atoms with Gasteiger partial charge in [-0.15, -0.1) is 0 Å². The molecule has 1 aromatic carbocycles. The van der Waals surface area contributed by atoms with E-state index >= 15 is 0 Å². The minimum atomic E-state index is -0.987. The predicted octanol–water partition coefficient (Wildman–Crippen LogP) is 2.24. The van der Waals surface area contributed by atoms with Crippen LogP contribution in [0.2, 0.25) is 0 Å². The molecule has 0 atom stereocenters. The van der Waals surface area contributed by atoms with Crippen molar-refractivity contribution in [1.82, 2.24) is 9.80 Å². The first kappa shape index (κ1) is 17.8. The number of amides is 2. The highest BCUT2D eigenvalue weighted by Crippen LogP contribution is 2.22. The fraction of sp³-hybridized carbons (Fsp3) is 0.556. The molecule has 0 aliphatic carbocycles. The predicted molar refractivity (Wildman–Crippen MR) is 90.0 cm³/mol. The highest BCUT2D eigenvalue weighted by atomic mass is 19.2. The van der Waals surface area contributed by atoms with E-state index < -0.39 is 11.6 Å². The summed E-state index contributed by atoms with van der Waals surface area (Å²) >= 11 is 0. The van der Waals surface area contributed by atoms with Crippen LogP contribution < -0.4 is 5.32 Å². The summed E-state index contributed by atoms with van der Waals surface area (Å²) in [5, 5.41) is 2.57. The average Bonchev–Trinajstić information content (AvgIpc) is 3.13. The lowest BCUT2D eigenvalue weighted by Gasteiger charge is -2.32. The van der Waals surface area contributed by atoms with Crippen molar-refractivity contribution < 1.29 is 18.4 Å². The molecule has 2 heterocycles. The first-order valence-electron chi connectivity index (χ1n) is 8.79. The molecule has 25 heavy (non-hydrogen) atoms. The highest BCUT2D eigenvalue weighted by molar-refractivity contribution is 5.92. The average molecular weight is 351 g/mol. The molecule has 0 unspecified atom stereocenters. The summed E-state index contributed by atoms with van der Waals surface area (Å²) in [7, 11) is 0. The van der Waals surface area contributed by atoms with Gasteiger partial charge in [-0.2, -0.15) is 0 Å². The number of nitrogens with one attached hydrogen (secondary N) is 1. The van der Waals surface area contributed by atoms with Crippen LogP contribution in [0, 0.1) is 17.6 Å². The van der Waals surface area contributed by atoms with Crippen LogP contribution >= 0.6 is 0 Å². The molecule has 3 rings (SSSR count). The Morgan fingerprint density at radius 2 is 1.72 bits per heavy atom. The maximum atomic E-state index is 13.2. The fourth-order valence-electron chi connectivity index (χ4n) is 3.51. The molecular weight excluding hydrogens is 328 g/mol. The molecule has 2 aliphatic rings. The highest BCUT2D eigenvalue weighted by Gasteiger charge is 2.30. The second-order valence-electron chi connectivity index (χ2n) is 6.76. The minimum absolute atomic E-state index is 0.0589. The van der Waals surface area contributed by atoms with Gasteiger partial charge in [0.2, 0.25) is 11.8 Å². The maximum Gasteiger partial charge on any atom is 0.238 e. The number of hydrogen-bond donors (Lipinski definition) is 1. The number of rotatable bonds is 4. The Balaban J connectivity index is 1.44. The van der Waals surface area contributed by atoms with Crippen LogP contribution in [-0.2, 0) is 9.59 Å². The molecule has 1 N–H and O–H groups in total. The van der Waals surface area contributed by atoms with Gasteiger partial charge in [-0.1, -0.05) is 0 Å². The van der Waals surface area contributed by atoms with E-state index in [9.17, 15) is 18.4 Å². The van der Waals surface area contributed by atoms with E-state index in [1.807, 2.05) is 9.80 Å². The van der Waals surface area contributed by atoms with E-state index in [4.69, 9.17) is 0 Å². The molecule has 7 heteroatoms. The van der Waals surface area contributed by atoms with Gasteiger partial charge in [0, 0.05) is 30.8 Å². The maximum absolute atomic E-state index is 13.2. The Hall–Kier alpha value is -2.02. The van der Waals surface area contributed by atoms with Crippen molar-refractivity contribution in [2.24, 2.45) is 5.92 Å². The van der Waals surface area contributed by atoms with Gasteiger partial charge in [-0.3, -0.25) is 14.5 Å². The van der Waals surface area contributed by atoms with Crippen molar-refractivity contribution in [2.75, 3.05) is 38.0 Å². The fourth-order valence-corrected chi connectivity index (χ4v) is 3.51. The molecule has 0 saturated carbocycles. The van der Waals surface area contributed by atoms with Gasteiger partial charge >= 0.3 is 0 Å². The first-order valence-corrected chi connectivity index (χ1v) is 8.79. The van der Waals surface area contributed by atoms with Gasteiger partial charge in [0.1, 0.15) is 0 Å². The molecule has 0 aromatic heterocycles. The Labute approximate surface area is 146 Å². The lowest BCUT2D eigenvalue weighted by atomic mass is 9.95. The van der Waals surface area contributed by atoms with Crippen LogP contribution in [0.25, 0.3) is 0 Å². The largest absolute Gasteiger partial charge is 0.342 e. The van der Waals surface area contributed by atoms with Crippen molar-refractivity contribution in [3.63, 3.8) is 0 Å². The van der Waals surface area contributed by atoms with Gasteiger partial charge in [0.05, 0.1) is 6.54 Å². The van der Waals surface area contributed by atoms with E-state index in [0.29, 0.717) is 13.1 Å². The molecule has 2 saturated heterocycles. The standard InChI is InChI=1S/C18H23F2N3O2/c19-15-4-3-14(11-16(15)20)21-17(24)12-22-9-5-13(6-10-22)18(25)23-7-1-2-8-23/h3-4,11,13H,1-2,5-10,12H2,(H,21,24). The van der Waals surface area contributed by atoms with Gasteiger partial charge in [-0.25, -0.2) is 8.78 Å². The Morgan fingerprint density at radius 1 is 1.04 bits per heavy atom. The molecule has 2 fully saturated rings. The number of halogens is 2. The zero-order valence-electron chi connectivity index (χ0n) is 14.1. The topological polar surface area (TPSA) is 52.7 Å². The summed E-state index contributed by atoms with van der Waals surface area (Å²) < 4.78 is 26.1. The van der Waals surface area contributed by atoms with Crippen LogP contribution in [0.1, 0.15) is 25.7 Å². The van der Waals surface area contributed by atoms with Gasteiger partial charge < -0.3 is 10.2 Å². The monoisotopic (exact) mass is 351 g/mol. The van der Waals surface area contributed by atoms with E-state index in [0.717, 1.165) is 50.9 Å². The third-order valence-corrected chi connectivity index (χ3v) is 4.93. The minimum Gasteiger partial charge on any atom is -0.342 e. The number of anilines is 1. The third-order valence-electron chi connectivity index (χ3n) is 4.93. The van der Waals surface area contributed by atoms with Gasteiger partial charge in [0.15, 0.2) is 11.6 Å². The summed E-state index contributed by atoms with van der Waals surface area (Å²) in [6.45, 7) is 3.31. The van der Waals surface area contributed by atoms with Crippen molar-refractivity contribution >= 4 is 17.5 Å². The molecule has 0 spiro atoms. The SMILES string of the molecule is O=C(CN1CCC(C(=O)N2CCCC2)CC1)Nc1ccc(F)c(F)c1. The lowest BCUT2D eigenvalue weighted by molar-refractivity contribution is -0.136. The molecule has 2 aliphatic heterocycles. The van der Waals surface area contributed by atoms with Crippen LogP contribution in [0.5, 0.6) is 0 Å². The molecule has 0 radical (unpaired) electrons. The van der Waals surface area contributed by atoms with Crippen LogP contribution in [0.3, 0.4) is 0 Å². The number of hydrogen-bond acceptors (Lipinski definition) is 3. The molecule has 0 bridgehead atoms. The number of nitrogens with zero attached hydrogens (tertiary/aromatic N) is 2. The Bertz CT molecular complexity index is 639. The summed E-state index contributed by atoms with van der Waals surface area (Å²) in [4.78, 5) is 28.4. The van der Waals surface area contributed by atoms with Crippen molar-refractivity contribution in [2.45, 2.75) is 25.7 Å². The summed E-state index contributed by atoms with van der Waals surface area (Å²) in [5.41, 5.74) is 0.239. The van der Waals surface area contributed by atoms with Crippen LogP contribution in [-0.4, -0.2) is 54.3 Å². The first-order chi connectivity index (χ1) is 12.0. The summed E-state index contributed by atoms with van der Waals surface area (Å²) in [6.07, 6.45) is 3.70. The zero-order valence-corrected chi connectivity index (χ0v) is 14.1. The second-order valence-corrected chi connectivity index (χ2v) is 6.76. The number of likely N-dealkylation sites (tertiary alicyclic amines) is 2. The van der Waals surface area contributed by atoms with Gasteiger partial charge in [0.25, 0.3) is 0 Å². The summed E-state index contributed by atoms with van der Waals surface area (Å²) in [6, 6.07) is 3.28. The quantitative estimate of drug-likeness (QED) is 0.905. The Morgan fingerprint density at radius 3 is 2.36 bits per heavy atom. The second kappa shape index (κ2) is 7.91. The van der Waals surface area contributed by atoms with Crippen molar-refractivity contribution in [1.29, 1.82) is 0 Å². The molecule has 2 amide bonds. The van der Waals surface area contributed by atoms with Crippen molar-refractivity contribution in [3.05, 3.63) is 29.8 Å². The number of piperidine rings is 1. The van der Waals surface area contributed by atoms with Crippen LogP contribution in [0.15, 0.2) is 18.2 Å². The van der Waals surface area contributed by atoms with E-state index in [1.54, 1.807) is 0 Å². The Kier molecular flexibility index (Phi) is 5.63. The smallest absolute Gasteiger partial charge is 0.238 e. The lowest BCUT2D eigenvalue weighted by Crippen LogP contribution is -2.43.